The fraction of sp³-hybridized carbons (Fsp3) is 0.474. The molecule has 2 rings (SSSR count). The quantitative estimate of drug-likeness (QED) is 0.660. The second kappa shape index (κ2) is 9.14. The van der Waals surface area contributed by atoms with Crippen LogP contribution in [-0.2, 0) is 19.6 Å². The molecule has 27 heavy (non-hydrogen) atoms. The van der Waals surface area contributed by atoms with Gasteiger partial charge in [0.1, 0.15) is 5.75 Å². The average Bonchev–Trinajstić information content (AvgIpc) is 2.63. The van der Waals surface area contributed by atoms with Gasteiger partial charge in [-0.3, -0.25) is 9.59 Å². The number of benzene rings is 1. The molecule has 1 aromatic carbocycles. The minimum atomic E-state index is -3.30. The first-order chi connectivity index (χ1) is 12.8. The topological polar surface area (TPSA) is 102 Å². The number of rotatable bonds is 8. The van der Waals surface area contributed by atoms with Crippen molar-refractivity contribution in [2.75, 3.05) is 5.32 Å². The van der Waals surface area contributed by atoms with Crippen molar-refractivity contribution in [1.29, 1.82) is 0 Å². The molecule has 1 aliphatic rings. The number of sulfonamides is 1. The lowest BCUT2D eigenvalue weighted by Crippen LogP contribution is -2.42. The number of hydrogen-bond acceptors (Lipinski definition) is 5. The van der Waals surface area contributed by atoms with E-state index in [4.69, 9.17) is 4.74 Å². The van der Waals surface area contributed by atoms with Crippen molar-refractivity contribution >= 4 is 34.2 Å². The largest absolute Gasteiger partial charge is 0.428 e. The first-order valence-electron chi connectivity index (χ1n) is 8.95. The van der Waals surface area contributed by atoms with Crippen molar-refractivity contribution < 1.29 is 22.7 Å². The molecule has 7 nitrogen and oxygen atoms in total. The minimum absolute atomic E-state index is 0.0979. The van der Waals surface area contributed by atoms with E-state index in [-0.39, 0.29) is 17.9 Å². The summed E-state index contributed by atoms with van der Waals surface area (Å²) in [7, 11) is -3.30. The lowest BCUT2D eigenvalue weighted by atomic mass is 9.86. The van der Waals surface area contributed by atoms with Crippen molar-refractivity contribution in [3.05, 3.63) is 30.3 Å². The number of ether oxygens (including phenoxy) is 1. The van der Waals surface area contributed by atoms with E-state index in [1.807, 2.05) is 0 Å². The lowest BCUT2D eigenvalue weighted by Gasteiger charge is -2.28. The molecule has 0 aliphatic heterocycles. The van der Waals surface area contributed by atoms with Gasteiger partial charge < -0.3 is 10.1 Å². The predicted molar refractivity (Wildman–Crippen MR) is 105 cm³/mol. The number of anilines is 1. The molecule has 0 radical (unpaired) electrons. The lowest BCUT2D eigenvalue weighted by molar-refractivity contribution is -0.121. The van der Waals surface area contributed by atoms with Crippen LogP contribution in [0, 0.1) is 5.92 Å². The van der Waals surface area contributed by atoms with Crippen molar-refractivity contribution in [1.82, 2.24) is 4.72 Å². The summed E-state index contributed by atoms with van der Waals surface area (Å²) in [5.74, 6) is 0.109. The van der Waals surface area contributed by atoms with Crippen LogP contribution >= 0.6 is 0 Å². The van der Waals surface area contributed by atoms with Gasteiger partial charge in [-0.25, -0.2) is 13.1 Å². The van der Waals surface area contributed by atoms with Crippen LogP contribution in [0.5, 0.6) is 5.75 Å². The van der Waals surface area contributed by atoms with Crippen LogP contribution < -0.4 is 14.8 Å². The summed E-state index contributed by atoms with van der Waals surface area (Å²) in [5.41, 5.74) is 1.20. The smallest absolute Gasteiger partial charge is 0.298 e. The van der Waals surface area contributed by atoms with Crippen LogP contribution in [0.2, 0.25) is 0 Å². The molecule has 0 atom stereocenters. The molecule has 1 aromatic rings. The molecule has 0 aromatic heterocycles. The average molecular weight is 394 g/mol. The zero-order chi connectivity index (χ0) is 20.0. The van der Waals surface area contributed by atoms with E-state index in [1.54, 1.807) is 38.1 Å². The Morgan fingerprint density at radius 3 is 2.48 bits per heavy atom. The Labute approximate surface area is 160 Å². The molecule has 0 heterocycles. The molecular formula is C19H26N2O5S. The summed E-state index contributed by atoms with van der Waals surface area (Å²) >= 11 is 0. The Morgan fingerprint density at radius 2 is 1.93 bits per heavy atom. The van der Waals surface area contributed by atoms with Gasteiger partial charge in [0, 0.05) is 23.2 Å². The highest BCUT2D eigenvalue weighted by molar-refractivity contribution is 7.90. The molecule has 1 saturated carbocycles. The number of carbonyl (C=O) groups is 2. The van der Waals surface area contributed by atoms with E-state index in [1.165, 1.54) is 0 Å². The summed E-state index contributed by atoms with van der Waals surface area (Å²) in [6.45, 7) is 7.30. The maximum Gasteiger partial charge on any atom is 0.298 e. The second-order valence-electron chi connectivity index (χ2n) is 6.92. The SMILES string of the molecule is C=Cc1cc(NC(=O)[C@H]2CC[C@H](NS(=O)(=O)C(C)C)CC2)ccc1OC=O. The highest BCUT2D eigenvalue weighted by atomic mass is 32.2. The van der Waals surface area contributed by atoms with Crippen LogP contribution in [0.1, 0.15) is 45.1 Å². The Hall–Kier alpha value is -2.19. The van der Waals surface area contributed by atoms with Gasteiger partial charge in [-0.1, -0.05) is 12.7 Å². The molecule has 8 heteroatoms. The number of nitrogens with one attached hydrogen (secondary N) is 2. The van der Waals surface area contributed by atoms with E-state index in [0.717, 1.165) is 0 Å². The van der Waals surface area contributed by atoms with Crippen LogP contribution in [0.4, 0.5) is 5.69 Å². The first kappa shape index (κ1) is 21.1. The van der Waals surface area contributed by atoms with Gasteiger partial charge in [-0.2, -0.15) is 0 Å². The van der Waals surface area contributed by atoms with Crippen molar-refractivity contribution in [2.24, 2.45) is 5.92 Å². The van der Waals surface area contributed by atoms with Gasteiger partial charge in [-0.15, -0.1) is 0 Å². The Morgan fingerprint density at radius 1 is 1.26 bits per heavy atom. The third-order valence-corrected chi connectivity index (χ3v) is 6.62. The first-order valence-corrected chi connectivity index (χ1v) is 10.5. The van der Waals surface area contributed by atoms with Crippen LogP contribution in [0.3, 0.4) is 0 Å². The Kier molecular flexibility index (Phi) is 7.15. The highest BCUT2D eigenvalue weighted by Crippen LogP contribution is 2.28. The van der Waals surface area contributed by atoms with Crippen LogP contribution in [0.15, 0.2) is 24.8 Å². The normalized spacial score (nSPS) is 20.1. The third kappa shape index (κ3) is 5.64. The van der Waals surface area contributed by atoms with Gasteiger partial charge in [0.25, 0.3) is 6.47 Å². The van der Waals surface area contributed by atoms with Gasteiger partial charge in [0.2, 0.25) is 15.9 Å². The van der Waals surface area contributed by atoms with E-state index >= 15 is 0 Å². The maximum atomic E-state index is 12.5. The van der Waals surface area contributed by atoms with Crippen molar-refractivity contribution in [2.45, 2.75) is 50.8 Å². The molecule has 0 bridgehead atoms. The highest BCUT2D eigenvalue weighted by Gasteiger charge is 2.29. The molecule has 0 unspecified atom stereocenters. The van der Waals surface area contributed by atoms with E-state index in [0.29, 0.717) is 49.2 Å². The molecule has 0 spiro atoms. The summed E-state index contributed by atoms with van der Waals surface area (Å²) < 4.78 is 31.5. The molecule has 2 N–H and O–H groups in total. The van der Waals surface area contributed by atoms with Gasteiger partial charge >= 0.3 is 0 Å². The fourth-order valence-electron chi connectivity index (χ4n) is 3.03. The molecule has 0 saturated heterocycles. The van der Waals surface area contributed by atoms with Gasteiger partial charge in [0.15, 0.2) is 0 Å². The predicted octanol–water partition coefficient (Wildman–Crippen LogP) is 2.69. The van der Waals surface area contributed by atoms with Gasteiger partial charge in [-0.05, 0) is 57.7 Å². The molecule has 1 aliphatic carbocycles. The van der Waals surface area contributed by atoms with Gasteiger partial charge in [0.05, 0.1) is 5.25 Å². The Bertz CT molecular complexity index is 796. The van der Waals surface area contributed by atoms with E-state index < -0.39 is 15.3 Å². The Balaban J connectivity index is 1.93. The van der Waals surface area contributed by atoms with Crippen molar-refractivity contribution in [3.8, 4) is 5.75 Å². The maximum absolute atomic E-state index is 12.5. The van der Waals surface area contributed by atoms with E-state index in [9.17, 15) is 18.0 Å². The van der Waals surface area contributed by atoms with E-state index in [2.05, 4.69) is 16.6 Å². The van der Waals surface area contributed by atoms with Crippen LogP contribution in [0.25, 0.3) is 6.08 Å². The number of amides is 1. The number of carbonyl (C=O) groups excluding carboxylic acids is 2. The monoisotopic (exact) mass is 394 g/mol. The second-order valence-corrected chi connectivity index (χ2v) is 9.19. The fourth-order valence-corrected chi connectivity index (χ4v) is 4.00. The standard InChI is InChI=1S/C19H26N2O5S/c1-4-14-11-17(9-10-18(14)26-12-22)20-19(23)15-5-7-16(8-6-15)21-27(24,25)13(2)3/h4,9-13,15-16,21H,1,5-8H2,2-3H3,(H,20,23)/t15-,16-. The summed E-state index contributed by atoms with van der Waals surface area (Å²) in [6, 6.07) is 4.82. The molecular weight excluding hydrogens is 368 g/mol. The number of hydrogen-bond donors (Lipinski definition) is 2. The summed E-state index contributed by atoms with van der Waals surface area (Å²) in [4.78, 5) is 23.0. The summed E-state index contributed by atoms with van der Waals surface area (Å²) in [6.07, 6.45) is 4.05. The molecule has 1 fully saturated rings. The molecule has 148 valence electrons. The van der Waals surface area contributed by atoms with Crippen LogP contribution in [-0.4, -0.2) is 32.1 Å². The molecule has 1 amide bonds. The van der Waals surface area contributed by atoms with Crippen molar-refractivity contribution in [3.63, 3.8) is 0 Å². The zero-order valence-electron chi connectivity index (χ0n) is 15.6. The summed E-state index contributed by atoms with van der Waals surface area (Å²) in [5, 5.41) is 2.40. The minimum Gasteiger partial charge on any atom is -0.428 e. The third-order valence-electron chi connectivity index (χ3n) is 4.72. The zero-order valence-corrected chi connectivity index (χ0v) is 16.4.